The van der Waals surface area contributed by atoms with Crippen molar-refractivity contribution < 1.29 is 4.79 Å². The number of hydrogen-bond donors (Lipinski definition) is 0. The SMILES string of the molecule is CCC(=O)N(CC)CC1(C)CC1c1ccccc1. The van der Waals surface area contributed by atoms with Crippen LogP contribution in [0.25, 0.3) is 0 Å². The molecule has 98 valence electrons. The van der Waals surface area contributed by atoms with E-state index in [2.05, 4.69) is 44.2 Å². The maximum Gasteiger partial charge on any atom is 0.222 e. The van der Waals surface area contributed by atoms with E-state index in [1.165, 1.54) is 12.0 Å². The summed E-state index contributed by atoms with van der Waals surface area (Å²) in [4.78, 5) is 13.8. The van der Waals surface area contributed by atoms with Gasteiger partial charge in [0.15, 0.2) is 0 Å². The Morgan fingerprint density at radius 1 is 1.33 bits per heavy atom. The molecule has 0 heterocycles. The molecule has 1 aromatic rings. The summed E-state index contributed by atoms with van der Waals surface area (Å²) in [6.07, 6.45) is 1.81. The van der Waals surface area contributed by atoms with E-state index in [-0.39, 0.29) is 11.3 Å². The first kappa shape index (κ1) is 13.1. The minimum Gasteiger partial charge on any atom is -0.342 e. The summed E-state index contributed by atoms with van der Waals surface area (Å²) < 4.78 is 0. The Hall–Kier alpha value is -1.31. The maximum atomic E-state index is 11.8. The first-order valence-corrected chi connectivity index (χ1v) is 6.93. The van der Waals surface area contributed by atoms with E-state index < -0.39 is 0 Å². The molecule has 2 atom stereocenters. The first-order valence-electron chi connectivity index (χ1n) is 6.93. The van der Waals surface area contributed by atoms with Gasteiger partial charge in [0.1, 0.15) is 0 Å². The molecule has 18 heavy (non-hydrogen) atoms. The second kappa shape index (κ2) is 5.13. The number of carbonyl (C=O) groups excluding carboxylic acids is 1. The standard InChI is InChI=1S/C16H23NO/c1-4-15(18)17(5-2)12-16(3)11-14(16)13-9-7-6-8-10-13/h6-10,14H,4-5,11-12H2,1-3H3. The van der Waals surface area contributed by atoms with Gasteiger partial charge in [-0.2, -0.15) is 0 Å². The quantitative estimate of drug-likeness (QED) is 0.778. The lowest BCUT2D eigenvalue weighted by atomic mass is 10.0. The zero-order chi connectivity index (χ0) is 13.2. The molecule has 0 radical (unpaired) electrons. The Bertz CT molecular complexity index is 414. The molecule has 2 heteroatoms. The molecule has 0 aliphatic heterocycles. The average molecular weight is 245 g/mol. The molecule has 1 aliphatic carbocycles. The van der Waals surface area contributed by atoms with Crippen molar-refractivity contribution in [1.29, 1.82) is 0 Å². The average Bonchev–Trinajstić information content (AvgIpc) is 3.08. The van der Waals surface area contributed by atoms with E-state index >= 15 is 0 Å². The summed E-state index contributed by atoms with van der Waals surface area (Å²) in [5.41, 5.74) is 1.70. The first-order chi connectivity index (χ1) is 8.60. The zero-order valence-corrected chi connectivity index (χ0v) is 11.6. The molecule has 1 amide bonds. The monoisotopic (exact) mass is 245 g/mol. The van der Waals surface area contributed by atoms with Crippen LogP contribution in [0.2, 0.25) is 0 Å². The fourth-order valence-electron chi connectivity index (χ4n) is 2.82. The molecule has 1 saturated carbocycles. The van der Waals surface area contributed by atoms with Crippen LogP contribution in [0.15, 0.2) is 30.3 Å². The topological polar surface area (TPSA) is 20.3 Å². The maximum absolute atomic E-state index is 11.8. The van der Waals surface area contributed by atoms with Crippen molar-refractivity contribution in [1.82, 2.24) is 4.90 Å². The molecule has 1 aromatic carbocycles. The lowest BCUT2D eigenvalue weighted by molar-refractivity contribution is -0.131. The van der Waals surface area contributed by atoms with Crippen molar-refractivity contribution in [3.05, 3.63) is 35.9 Å². The van der Waals surface area contributed by atoms with Crippen molar-refractivity contribution in [3.63, 3.8) is 0 Å². The van der Waals surface area contributed by atoms with Crippen LogP contribution in [0.4, 0.5) is 0 Å². The molecule has 2 unspecified atom stereocenters. The van der Waals surface area contributed by atoms with E-state index in [1.54, 1.807) is 0 Å². The van der Waals surface area contributed by atoms with E-state index in [1.807, 2.05) is 11.8 Å². The zero-order valence-electron chi connectivity index (χ0n) is 11.6. The van der Waals surface area contributed by atoms with Crippen LogP contribution in [-0.2, 0) is 4.79 Å². The molecule has 1 aliphatic rings. The van der Waals surface area contributed by atoms with E-state index in [0.717, 1.165) is 13.1 Å². The Labute approximate surface area is 110 Å². The van der Waals surface area contributed by atoms with Gasteiger partial charge in [-0.1, -0.05) is 44.2 Å². The van der Waals surface area contributed by atoms with Crippen LogP contribution < -0.4 is 0 Å². The Morgan fingerprint density at radius 2 is 2.00 bits per heavy atom. The van der Waals surface area contributed by atoms with Crippen molar-refractivity contribution in [2.45, 2.75) is 39.5 Å². The molecule has 2 nitrogen and oxygen atoms in total. The number of rotatable bonds is 5. The van der Waals surface area contributed by atoms with Crippen LogP contribution in [0.1, 0.15) is 45.1 Å². The Kier molecular flexibility index (Phi) is 3.74. The largest absolute Gasteiger partial charge is 0.342 e. The molecule has 0 saturated heterocycles. The predicted octanol–water partition coefficient (Wildman–Crippen LogP) is 3.44. The molecular weight excluding hydrogens is 222 g/mol. The van der Waals surface area contributed by atoms with Gasteiger partial charge in [-0.3, -0.25) is 4.79 Å². The van der Waals surface area contributed by atoms with Gasteiger partial charge in [0.2, 0.25) is 5.91 Å². The van der Waals surface area contributed by atoms with Crippen LogP contribution >= 0.6 is 0 Å². The highest BCUT2D eigenvalue weighted by molar-refractivity contribution is 5.75. The number of nitrogens with zero attached hydrogens (tertiary/aromatic N) is 1. The van der Waals surface area contributed by atoms with E-state index in [0.29, 0.717) is 12.3 Å². The number of hydrogen-bond acceptors (Lipinski definition) is 1. The Morgan fingerprint density at radius 3 is 2.56 bits per heavy atom. The summed E-state index contributed by atoms with van der Waals surface area (Å²) in [6.45, 7) is 8.03. The lowest BCUT2D eigenvalue weighted by Gasteiger charge is -2.25. The van der Waals surface area contributed by atoms with E-state index in [9.17, 15) is 4.79 Å². The van der Waals surface area contributed by atoms with Crippen LogP contribution in [0, 0.1) is 5.41 Å². The van der Waals surface area contributed by atoms with Gasteiger partial charge in [0, 0.05) is 19.5 Å². The minimum atomic E-state index is 0.275. The highest BCUT2D eigenvalue weighted by Gasteiger charge is 2.51. The third kappa shape index (κ3) is 2.58. The van der Waals surface area contributed by atoms with Gasteiger partial charge < -0.3 is 4.90 Å². The van der Waals surface area contributed by atoms with Crippen molar-refractivity contribution in [2.24, 2.45) is 5.41 Å². The van der Waals surface area contributed by atoms with Crippen molar-refractivity contribution in [2.75, 3.05) is 13.1 Å². The normalized spacial score (nSPS) is 25.8. The summed E-state index contributed by atoms with van der Waals surface area (Å²) >= 11 is 0. The Balaban J connectivity index is 2.01. The number of amides is 1. The second-order valence-corrected chi connectivity index (χ2v) is 5.58. The summed E-state index contributed by atoms with van der Waals surface area (Å²) in [6, 6.07) is 10.7. The number of carbonyl (C=O) groups is 1. The van der Waals surface area contributed by atoms with Gasteiger partial charge in [-0.05, 0) is 30.2 Å². The molecule has 0 bridgehead atoms. The van der Waals surface area contributed by atoms with Gasteiger partial charge in [-0.25, -0.2) is 0 Å². The van der Waals surface area contributed by atoms with Crippen LogP contribution in [0.3, 0.4) is 0 Å². The third-order valence-electron chi connectivity index (χ3n) is 4.14. The van der Waals surface area contributed by atoms with Gasteiger partial charge in [-0.15, -0.1) is 0 Å². The third-order valence-corrected chi connectivity index (χ3v) is 4.14. The number of benzene rings is 1. The van der Waals surface area contributed by atoms with Gasteiger partial charge in [0.05, 0.1) is 0 Å². The highest BCUT2D eigenvalue weighted by atomic mass is 16.2. The van der Waals surface area contributed by atoms with Crippen molar-refractivity contribution in [3.8, 4) is 0 Å². The molecule has 0 N–H and O–H groups in total. The molecule has 0 spiro atoms. The van der Waals surface area contributed by atoms with Crippen LogP contribution in [-0.4, -0.2) is 23.9 Å². The van der Waals surface area contributed by atoms with Gasteiger partial charge in [0.25, 0.3) is 0 Å². The fourth-order valence-corrected chi connectivity index (χ4v) is 2.82. The van der Waals surface area contributed by atoms with E-state index in [4.69, 9.17) is 0 Å². The highest BCUT2D eigenvalue weighted by Crippen LogP contribution is 2.59. The van der Waals surface area contributed by atoms with Gasteiger partial charge >= 0.3 is 0 Å². The van der Waals surface area contributed by atoms with Crippen molar-refractivity contribution >= 4 is 5.91 Å². The fraction of sp³-hybridized carbons (Fsp3) is 0.562. The molecular formula is C16H23NO. The molecule has 2 rings (SSSR count). The smallest absolute Gasteiger partial charge is 0.222 e. The lowest BCUT2D eigenvalue weighted by Crippen LogP contribution is -2.35. The second-order valence-electron chi connectivity index (χ2n) is 5.58. The van der Waals surface area contributed by atoms with Crippen LogP contribution in [0.5, 0.6) is 0 Å². The summed E-state index contributed by atoms with van der Waals surface area (Å²) in [5, 5.41) is 0. The minimum absolute atomic E-state index is 0.275. The molecule has 0 aromatic heterocycles. The predicted molar refractivity (Wildman–Crippen MR) is 74.5 cm³/mol. The molecule has 1 fully saturated rings. The summed E-state index contributed by atoms with van der Waals surface area (Å²) in [7, 11) is 0. The summed E-state index contributed by atoms with van der Waals surface area (Å²) in [5.74, 6) is 0.898.